The van der Waals surface area contributed by atoms with Gasteiger partial charge in [-0.15, -0.1) is 0 Å². The normalized spacial score (nSPS) is 11.5. The Kier molecular flexibility index (Phi) is 3.86. The summed E-state index contributed by atoms with van der Waals surface area (Å²) >= 11 is 11.3. The highest BCUT2D eigenvalue weighted by Crippen LogP contribution is 2.19. The van der Waals surface area contributed by atoms with Crippen molar-refractivity contribution in [3.05, 3.63) is 28.0 Å². The van der Waals surface area contributed by atoms with Crippen LogP contribution in [0.15, 0.2) is 18.2 Å². The van der Waals surface area contributed by atoms with E-state index in [1.54, 1.807) is 0 Å². The van der Waals surface area contributed by atoms with E-state index in [2.05, 4.69) is 4.98 Å². The maximum Gasteiger partial charge on any atom is 0.178 e. The van der Waals surface area contributed by atoms with Crippen LogP contribution in [0.5, 0.6) is 0 Å². The molecule has 0 spiro atoms. The molecule has 0 radical (unpaired) electrons. The number of halogens is 1. The van der Waals surface area contributed by atoms with E-state index < -0.39 is 0 Å². The second kappa shape index (κ2) is 5.21. The Bertz CT molecular complexity index is 573. The van der Waals surface area contributed by atoms with Crippen molar-refractivity contribution in [1.82, 2.24) is 9.55 Å². The summed E-state index contributed by atoms with van der Waals surface area (Å²) in [5.41, 5.74) is 2.03. The average molecular weight is 271 g/mol. The Balaban J connectivity index is 2.29. The highest BCUT2D eigenvalue weighted by Gasteiger charge is 2.05. The zero-order chi connectivity index (χ0) is 12.4. The first-order valence-electron chi connectivity index (χ1n) is 5.57. The zero-order valence-electron chi connectivity index (χ0n) is 9.87. The molecule has 1 heterocycles. The largest absolute Gasteiger partial charge is 0.377 e. The summed E-state index contributed by atoms with van der Waals surface area (Å²) < 4.78 is 8.25. The van der Waals surface area contributed by atoms with E-state index in [9.17, 15) is 0 Å². The van der Waals surface area contributed by atoms with Gasteiger partial charge < -0.3 is 14.3 Å². The lowest BCUT2D eigenvalue weighted by Gasteiger charge is -2.08. The van der Waals surface area contributed by atoms with Crippen LogP contribution in [-0.2, 0) is 11.3 Å². The van der Waals surface area contributed by atoms with Gasteiger partial charge in [0, 0.05) is 11.6 Å². The molecule has 5 heteroatoms. The molecule has 3 nitrogen and oxygen atoms in total. The summed E-state index contributed by atoms with van der Waals surface area (Å²) in [4.78, 5) is 3.16. The average Bonchev–Trinajstić information content (AvgIpc) is 2.55. The number of fused-ring (bicyclic) bond motifs is 1. The van der Waals surface area contributed by atoms with Crippen molar-refractivity contribution in [3.8, 4) is 0 Å². The second-order valence-corrected chi connectivity index (χ2v) is 4.99. The van der Waals surface area contributed by atoms with Crippen LogP contribution < -0.4 is 0 Å². The molecule has 0 saturated carbocycles. The third-order valence-corrected chi connectivity index (χ3v) is 3.06. The number of aromatic nitrogens is 2. The van der Waals surface area contributed by atoms with Crippen molar-refractivity contribution in [3.63, 3.8) is 0 Å². The molecule has 0 amide bonds. The molecule has 1 aromatic heterocycles. The van der Waals surface area contributed by atoms with Crippen LogP contribution in [0, 0.1) is 4.77 Å². The summed E-state index contributed by atoms with van der Waals surface area (Å²) in [6.45, 7) is 5.42. The minimum absolute atomic E-state index is 0.234. The molecular weight excluding hydrogens is 256 g/mol. The summed E-state index contributed by atoms with van der Waals surface area (Å²) in [5, 5.41) is 0.713. The van der Waals surface area contributed by atoms with Crippen LogP contribution in [0.1, 0.15) is 13.8 Å². The molecule has 0 bridgehead atoms. The predicted octanol–water partition coefficient (Wildman–Crippen LogP) is 3.78. The number of hydrogen-bond acceptors (Lipinski definition) is 2. The number of hydrogen-bond donors (Lipinski definition) is 1. The van der Waals surface area contributed by atoms with Gasteiger partial charge in [-0.1, -0.05) is 11.6 Å². The molecule has 0 unspecified atom stereocenters. The van der Waals surface area contributed by atoms with Gasteiger partial charge in [0.2, 0.25) is 0 Å². The van der Waals surface area contributed by atoms with Crippen LogP contribution in [0.2, 0.25) is 5.02 Å². The number of nitrogens with one attached hydrogen (secondary N) is 1. The number of ether oxygens (including phenoxy) is 1. The topological polar surface area (TPSA) is 29.9 Å². The lowest BCUT2D eigenvalue weighted by molar-refractivity contribution is 0.0731. The van der Waals surface area contributed by atoms with E-state index in [-0.39, 0.29) is 6.10 Å². The molecule has 0 aliphatic heterocycles. The van der Waals surface area contributed by atoms with E-state index in [0.29, 0.717) is 16.4 Å². The van der Waals surface area contributed by atoms with E-state index in [1.165, 1.54) is 0 Å². The van der Waals surface area contributed by atoms with Gasteiger partial charge in [0.1, 0.15) is 0 Å². The zero-order valence-corrected chi connectivity index (χ0v) is 11.4. The van der Waals surface area contributed by atoms with Gasteiger partial charge in [0.15, 0.2) is 4.77 Å². The summed E-state index contributed by atoms with van der Waals surface area (Å²) in [6.07, 6.45) is 0.234. The minimum Gasteiger partial charge on any atom is -0.377 e. The first kappa shape index (κ1) is 12.6. The highest BCUT2D eigenvalue weighted by molar-refractivity contribution is 7.71. The van der Waals surface area contributed by atoms with Crippen molar-refractivity contribution in [2.24, 2.45) is 0 Å². The van der Waals surface area contributed by atoms with Gasteiger partial charge in [0.05, 0.1) is 23.7 Å². The number of aromatic amines is 1. The van der Waals surface area contributed by atoms with Crippen LogP contribution in [0.25, 0.3) is 11.0 Å². The lowest BCUT2D eigenvalue weighted by Crippen LogP contribution is -2.10. The molecule has 92 valence electrons. The van der Waals surface area contributed by atoms with Crippen molar-refractivity contribution >= 4 is 34.9 Å². The maximum absolute atomic E-state index is 5.99. The van der Waals surface area contributed by atoms with Crippen molar-refractivity contribution in [1.29, 1.82) is 0 Å². The number of nitrogens with zero attached hydrogens (tertiary/aromatic N) is 1. The van der Waals surface area contributed by atoms with Crippen LogP contribution in [0.3, 0.4) is 0 Å². The van der Waals surface area contributed by atoms with Gasteiger partial charge in [-0.3, -0.25) is 0 Å². The van der Waals surface area contributed by atoms with Gasteiger partial charge >= 0.3 is 0 Å². The molecule has 0 atom stereocenters. The van der Waals surface area contributed by atoms with Crippen molar-refractivity contribution in [2.45, 2.75) is 26.5 Å². The SMILES string of the molecule is CC(C)OCCn1c(=S)[nH]c2ccc(Cl)cc21. The first-order chi connectivity index (χ1) is 8.08. The molecule has 0 aliphatic rings. The maximum atomic E-state index is 5.99. The highest BCUT2D eigenvalue weighted by atomic mass is 35.5. The van der Waals surface area contributed by atoms with E-state index in [1.807, 2.05) is 36.6 Å². The fraction of sp³-hybridized carbons (Fsp3) is 0.417. The second-order valence-electron chi connectivity index (χ2n) is 4.16. The first-order valence-corrected chi connectivity index (χ1v) is 6.36. The summed E-state index contributed by atoms with van der Waals surface area (Å²) in [6, 6.07) is 5.70. The van der Waals surface area contributed by atoms with Gasteiger partial charge in [-0.2, -0.15) is 0 Å². The smallest absolute Gasteiger partial charge is 0.178 e. The third kappa shape index (κ3) is 2.89. The third-order valence-electron chi connectivity index (χ3n) is 2.50. The van der Waals surface area contributed by atoms with Crippen molar-refractivity contribution < 1.29 is 4.74 Å². The Morgan fingerprint density at radius 2 is 2.24 bits per heavy atom. The quantitative estimate of drug-likeness (QED) is 0.857. The van der Waals surface area contributed by atoms with Crippen LogP contribution in [0.4, 0.5) is 0 Å². The molecule has 1 N–H and O–H groups in total. The fourth-order valence-electron chi connectivity index (χ4n) is 1.73. The van der Waals surface area contributed by atoms with Gasteiger partial charge in [-0.25, -0.2) is 0 Å². The number of benzene rings is 1. The Labute approximate surface area is 110 Å². The summed E-state index contributed by atoms with van der Waals surface area (Å²) in [7, 11) is 0. The van der Waals surface area contributed by atoms with Crippen LogP contribution >= 0.6 is 23.8 Å². The standard InChI is InChI=1S/C12H15ClN2OS/c1-8(2)16-6-5-15-11-7-9(13)3-4-10(11)14-12(15)17/h3-4,7-8H,5-6H2,1-2H3,(H,14,17). The van der Waals surface area contributed by atoms with Gasteiger partial charge in [0.25, 0.3) is 0 Å². The molecule has 1 aromatic carbocycles. The van der Waals surface area contributed by atoms with E-state index >= 15 is 0 Å². The molecule has 0 aliphatic carbocycles. The Hall–Kier alpha value is -0.840. The molecule has 17 heavy (non-hydrogen) atoms. The molecule has 0 saturated heterocycles. The van der Waals surface area contributed by atoms with Crippen LogP contribution in [-0.4, -0.2) is 22.3 Å². The van der Waals surface area contributed by atoms with E-state index in [4.69, 9.17) is 28.6 Å². The molecular formula is C12H15ClN2OS. The monoisotopic (exact) mass is 270 g/mol. The fourth-order valence-corrected chi connectivity index (χ4v) is 2.19. The molecule has 2 rings (SSSR count). The predicted molar refractivity (Wildman–Crippen MR) is 73.2 cm³/mol. The summed E-state index contributed by atoms with van der Waals surface area (Å²) in [5.74, 6) is 0. The van der Waals surface area contributed by atoms with Crippen molar-refractivity contribution in [2.75, 3.05) is 6.61 Å². The Morgan fingerprint density at radius 3 is 2.94 bits per heavy atom. The number of H-pyrrole nitrogens is 1. The number of imidazole rings is 1. The Morgan fingerprint density at radius 1 is 1.47 bits per heavy atom. The number of rotatable bonds is 4. The van der Waals surface area contributed by atoms with Gasteiger partial charge in [-0.05, 0) is 44.3 Å². The molecule has 0 fully saturated rings. The molecule has 2 aromatic rings. The minimum atomic E-state index is 0.234. The van der Waals surface area contributed by atoms with E-state index in [0.717, 1.165) is 17.6 Å². The lowest BCUT2D eigenvalue weighted by atomic mass is 10.3.